The van der Waals surface area contributed by atoms with Gasteiger partial charge in [0.05, 0.1) is 11.6 Å². The topological polar surface area (TPSA) is 52.9 Å². The number of hydrogen-bond donors (Lipinski definition) is 1. The standard InChI is InChI=1S/C15H14N2OS/c16-8-11-4-2-1-3-10(11)7-12-13-9-17-6-5-14(13)19-15(12)18/h1-4,14,17H,5-7,9H2. The van der Waals surface area contributed by atoms with E-state index in [0.29, 0.717) is 17.2 Å². The minimum absolute atomic E-state index is 0.191. The monoisotopic (exact) mass is 270 g/mol. The fourth-order valence-corrected chi connectivity index (χ4v) is 3.87. The molecule has 0 radical (unpaired) electrons. The fraction of sp³-hybridized carbons (Fsp3) is 0.333. The summed E-state index contributed by atoms with van der Waals surface area (Å²) in [5.74, 6) is 0. The summed E-state index contributed by atoms with van der Waals surface area (Å²) >= 11 is 1.45. The summed E-state index contributed by atoms with van der Waals surface area (Å²) in [5.41, 5.74) is 3.77. The first kappa shape index (κ1) is 12.5. The summed E-state index contributed by atoms with van der Waals surface area (Å²) in [5, 5.41) is 13.0. The van der Waals surface area contributed by atoms with E-state index in [-0.39, 0.29) is 5.12 Å². The zero-order valence-electron chi connectivity index (χ0n) is 10.5. The van der Waals surface area contributed by atoms with Crippen molar-refractivity contribution in [2.45, 2.75) is 18.1 Å². The second-order valence-electron chi connectivity index (χ2n) is 4.81. The van der Waals surface area contributed by atoms with Gasteiger partial charge in [-0.2, -0.15) is 5.26 Å². The molecule has 1 aromatic rings. The number of fused-ring (bicyclic) bond motifs is 1. The van der Waals surface area contributed by atoms with Crippen molar-refractivity contribution in [3.8, 4) is 6.07 Å². The van der Waals surface area contributed by atoms with E-state index in [4.69, 9.17) is 5.26 Å². The van der Waals surface area contributed by atoms with Crippen molar-refractivity contribution in [1.82, 2.24) is 5.32 Å². The first-order valence-corrected chi connectivity index (χ1v) is 7.29. The Kier molecular flexibility index (Phi) is 3.41. The average Bonchev–Trinajstić information content (AvgIpc) is 2.76. The maximum absolute atomic E-state index is 12.1. The van der Waals surface area contributed by atoms with Crippen molar-refractivity contribution < 1.29 is 4.79 Å². The first-order valence-electron chi connectivity index (χ1n) is 6.41. The van der Waals surface area contributed by atoms with Gasteiger partial charge in [0, 0.05) is 23.8 Å². The van der Waals surface area contributed by atoms with E-state index >= 15 is 0 Å². The summed E-state index contributed by atoms with van der Waals surface area (Å²) in [4.78, 5) is 12.1. The largest absolute Gasteiger partial charge is 0.313 e. The SMILES string of the molecule is N#Cc1ccccc1CC1=C2CNCCC2SC1=O. The van der Waals surface area contributed by atoms with E-state index in [1.807, 2.05) is 24.3 Å². The first-order chi connectivity index (χ1) is 9.29. The van der Waals surface area contributed by atoms with Crippen LogP contribution in [0.4, 0.5) is 0 Å². The van der Waals surface area contributed by atoms with Crippen molar-refractivity contribution in [3.63, 3.8) is 0 Å². The molecule has 0 aliphatic carbocycles. The molecule has 2 heterocycles. The molecule has 1 saturated heterocycles. The molecule has 4 heteroatoms. The van der Waals surface area contributed by atoms with Gasteiger partial charge in [0.25, 0.3) is 0 Å². The quantitative estimate of drug-likeness (QED) is 0.893. The average molecular weight is 270 g/mol. The van der Waals surface area contributed by atoms with Gasteiger partial charge in [-0.15, -0.1) is 0 Å². The molecule has 96 valence electrons. The van der Waals surface area contributed by atoms with Gasteiger partial charge < -0.3 is 5.32 Å². The van der Waals surface area contributed by atoms with Crippen LogP contribution >= 0.6 is 11.8 Å². The van der Waals surface area contributed by atoms with Gasteiger partial charge in [-0.05, 0) is 30.2 Å². The Balaban J connectivity index is 1.94. The third-order valence-corrected chi connectivity index (χ3v) is 4.94. The smallest absolute Gasteiger partial charge is 0.216 e. The highest BCUT2D eigenvalue weighted by molar-refractivity contribution is 8.15. The lowest BCUT2D eigenvalue weighted by Crippen LogP contribution is -2.30. The second kappa shape index (κ2) is 5.20. The fourth-order valence-electron chi connectivity index (χ4n) is 2.67. The molecule has 0 amide bonds. The zero-order chi connectivity index (χ0) is 13.2. The molecule has 3 rings (SSSR count). The number of piperidine rings is 1. The lowest BCUT2D eigenvalue weighted by atomic mass is 9.94. The van der Waals surface area contributed by atoms with Crippen molar-refractivity contribution in [2.75, 3.05) is 13.1 Å². The molecule has 0 bridgehead atoms. The Bertz CT molecular complexity index is 600. The highest BCUT2D eigenvalue weighted by Gasteiger charge is 2.34. The van der Waals surface area contributed by atoms with Crippen LogP contribution in [0.15, 0.2) is 35.4 Å². The summed E-state index contributed by atoms with van der Waals surface area (Å²) in [6, 6.07) is 9.73. The molecule has 1 N–H and O–H groups in total. The normalized spacial score (nSPS) is 22.3. The van der Waals surface area contributed by atoms with E-state index < -0.39 is 0 Å². The highest BCUT2D eigenvalue weighted by atomic mass is 32.2. The van der Waals surface area contributed by atoms with Crippen LogP contribution in [0.5, 0.6) is 0 Å². The molecule has 2 aliphatic rings. The predicted octanol–water partition coefficient (Wildman–Crippen LogP) is 2.03. The van der Waals surface area contributed by atoms with Crippen LogP contribution in [0.1, 0.15) is 17.5 Å². The number of nitrogens with one attached hydrogen (secondary N) is 1. The van der Waals surface area contributed by atoms with Gasteiger partial charge in [-0.1, -0.05) is 30.0 Å². The Morgan fingerprint density at radius 2 is 2.26 bits per heavy atom. The molecular formula is C15H14N2OS. The molecule has 0 aromatic heterocycles. The minimum Gasteiger partial charge on any atom is -0.313 e. The number of carbonyl (C=O) groups is 1. The number of hydrogen-bond acceptors (Lipinski definition) is 4. The van der Waals surface area contributed by atoms with Crippen LogP contribution < -0.4 is 5.32 Å². The van der Waals surface area contributed by atoms with E-state index in [1.54, 1.807) is 0 Å². The zero-order valence-corrected chi connectivity index (χ0v) is 11.3. The highest BCUT2D eigenvalue weighted by Crippen LogP contribution is 2.38. The number of benzene rings is 1. The van der Waals surface area contributed by atoms with Crippen LogP contribution in [-0.4, -0.2) is 23.5 Å². The van der Waals surface area contributed by atoms with E-state index in [9.17, 15) is 4.79 Å². The Morgan fingerprint density at radius 1 is 1.42 bits per heavy atom. The van der Waals surface area contributed by atoms with E-state index in [0.717, 1.165) is 30.6 Å². The minimum atomic E-state index is 0.191. The van der Waals surface area contributed by atoms with Crippen molar-refractivity contribution in [2.24, 2.45) is 0 Å². The Labute approximate surface area is 116 Å². The molecule has 1 fully saturated rings. The van der Waals surface area contributed by atoms with Crippen molar-refractivity contribution in [1.29, 1.82) is 5.26 Å². The molecular weight excluding hydrogens is 256 g/mol. The molecule has 2 aliphatic heterocycles. The maximum atomic E-state index is 12.1. The van der Waals surface area contributed by atoms with Crippen molar-refractivity contribution in [3.05, 3.63) is 46.5 Å². The van der Waals surface area contributed by atoms with Gasteiger partial charge in [-0.25, -0.2) is 0 Å². The third-order valence-electron chi connectivity index (χ3n) is 3.68. The van der Waals surface area contributed by atoms with E-state index in [2.05, 4.69) is 11.4 Å². The summed E-state index contributed by atoms with van der Waals surface area (Å²) in [6.07, 6.45) is 1.61. The van der Waals surface area contributed by atoms with Crippen molar-refractivity contribution >= 4 is 16.9 Å². The number of nitrogens with zero attached hydrogens (tertiary/aromatic N) is 1. The molecule has 0 saturated carbocycles. The Morgan fingerprint density at radius 3 is 3.11 bits per heavy atom. The molecule has 1 atom stereocenters. The van der Waals surface area contributed by atoms with Gasteiger partial charge in [0.2, 0.25) is 5.12 Å². The third kappa shape index (κ3) is 2.32. The molecule has 1 unspecified atom stereocenters. The van der Waals surface area contributed by atoms with Gasteiger partial charge in [-0.3, -0.25) is 4.79 Å². The number of thioether (sulfide) groups is 1. The molecule has 0 spiro atoms. The van der Waals surface area contributed by atoms with Crippen LogP contribution in [0.25, 0.3) is 0 Å². The molecule has 1 aromatic carbocycles. The maximum Gasteiger partial charge on any atom is 0.216 e. The summed E-state index contributed by atoms with van der Waals surface area (Å²) in [6.45, 7) is 1.80. The number of rotatable bonds is 2. The predicted molar refractivity (Wildman–Crippen MR) is 75.8 cm³/mol. The van der Waals surface area contributed by atoms with E-state index in [1.165, 1.54) is 17.3 Å². The van der Waals surface area contributed by atoms with Crippen LogP contribution in [0.3, 0.4) is 0 Å². The van der Waals surface area contributed by atoms with Crippen LogP contribution in [0.2, 0.25) is 0 Å². The Hall–Kier alpha value is -1.57. The van der Waals surface area contributed by atoms with Gasteiger partial charge >= 0.3 is 0 Å². The van der Waals surface area contributed by atoms with Gasteiger partial charge in [0.1, 0.15) is 0 Å². The number of nitriles is 1. The van der Waals surface area contributed by atoms with Crippen LogP contribution in [0, 0.1) is 11.3 Å². The lowest BCUT2D eigenvalue weighted by Gasteiger charge is -2.20. The summed E-state index contributed by atoms with van der Waals surface area (Å²) in [7, 11) is 0. The van der Waals surface area contributed by atoms with Gasteiger partial charge in [0.15, 0.2) is 0 Å². The second-order valence-corrected chi connectivity index (χ2v) is 5.98. The summed E-state index contributed by atoms with van der Waals surface area (Å²) < 4.78 is 0. The van der Waals surface area contributed by atoms with Crippen LogP contribution in [-0.2, 0) is 11.2 Å². The number of carbonyl (C=O) groups excluding carboxylic acids is 1. The molecule has 3 nitrogen and oxygen atoms in total. The lowest BCUT2D eigenvalue weighted by molar-refractivity contribution is -0.107. The molecule has 19 heavy (non-hydrogen) atoms.